The first-order valence-electron chi connectivity index (χ1n) is 6.92. The number of aromatic hydroxyl groups is 1. The molecule has 0 fully saturated rings. The van der Waals surface area contributed by atoms with E-state index < -0.39 is 10.8 Å². The van der Waals surface area contributed by atoms with E-state index in [4.69, 9.17) is 0 Å². The zero-order valence-electron chi connectivity index (χ0n) is 12.4. The molecule has 0 spiro atoms. The van der Waals surface area contributed by atoms with Gasteiger partial charge in [0.2, 0.25) is 0 Å². The van der Waals surface area contributed by atoms with Crippen molar-refractivity contribution < 1.29 is 14.8 Å². The van der Waals surface area contributed by atoms with Crippen molar-refractivity contribution in [1.82, 2.24) is 5.43 Å². The predicted molar refractivity (Wildman–Crippen MR) is 85.5 cm³/mol. The maximum Gasteiger partial charge on any atom is 0.271 e. The minimum Gasteiger partial charge on any atom is -0.508 e. The van der Waals surface area contributed by atoms with Gasteiger partial charge in [-0.15, -0.1) is 0 Å². The van der Waals surface area contributed by atoms with E-state index in [0.717, 1.165) is 5.56 Å². The topological polar surface area (TPSA) is 105 Å². The van der Waals surface area contributed by atoms with Crippen LogP contribution in [0.3, 0.4) is 0 Å². The first-order valence-corrected chi connectivity index (χ1v) is 6.92. The molecule has 0 saturated carbocycles. The number of hydrazone groups is 1. The molecule has 118 valence electrons. The quantitative estimate of drug-likeness (QED) is 0.503. The second-order valence-corrected chi connectivity index (χ2v) is 4.70. The van der Waals surface area contributed by atoms with Crippen molar-refractivity contribution in [2.75, 3.05) is 0 Å². The molecule has 0 aliphatic heterocycles. The maximum absolute atomic E-state index is 12.0. The van der Waals surface area contributed by atoms with Crippen LogP contribution in [0.1, 0.15) is 29.3 Å². The molecule has 0 heterocycles. The van der Waals surface area contributed by atoms with Gasteiger partial charge in [0.05, 0.1) is 10.6 Å². The first-order chi connectivity index (χ1) is 11.0. The fourth-order valence-corrected chi connectivity index (χ4v) is 1.92. The molecule has 0 unspecified atom stereocenters. The molecule has 2 aromatic carbocycles. The van der Waals surface area contributed by atoms with Gasteiger partial charge in [-0.2, -0.15) is 5.10 Å². The van der Waals surface area contributed by atoms with Crippen molar-refractivity contribution in [3.05, 3.63) is 69.8 Å². The standard InChI is InChI=1S/C16H15N3O4/c1-2-15(11-5-9-14(20)10-6-11)17-18-16(21)12-3-7-13(8-4-12)19(22)23/h3-10,20H,2H2,1H3,(H,18,21)/b17-15+. The zero-order chi connectivity index (χ0) is 16.8. The number of carbonyl (C=O) groups excluding carboxylic acids is 1. The summed E-state index contributed by atoms with van der Waals surface area (Å²) in [7, 11) is 0. The Kier molecular flexibility index (Phi) is 5.03. The van der Waals surface area contributed by atoms with E-state index >= 15 is 0 Å². The summed E-state index contributed by atoms with van der Waals surface area (Å²) in [5.74, 6) is -0.302. The lowest BCUT2D eigenvalue weighted by Gasteiger charge is -2.05. The first kappa shape index (κ1) is 16.2. The number of phenols is 1. The SMILES string of the molecule is CC/C(=N\NC(=O)c1ccc([N+](=O)[O-])cc1)c1ccc(O)cc1. The van der Waals surface area contributed by atoms with Crippen molar-refractivity contribution in [3.8, 4) is 5.75 Å². The van der Waals surface area contributed by atoms with Crippen LogP contribution in [-0.2, 0) is 0 Å². The van der Waals surface area contributed by atoms with Crippen LogP contribution in [0.15, 0.2) is 53.6 Å². The highest BCUT2D eigenvalue weighted by molar-refractivity contribution is 6.02. The van der Waals surface area contributed by atoms with Crippen LogP contribution in [0.25, 0.3) is 0 Å². The number of phenolic OH excluding ortho intramolecular Hbond substituents is 1. The number of amides is 1. The second-order valence-electron chi connectivity index (χ2n) is 4.70. The molecule has 2 rings (SSSR count). The van der Waals surface area contributed by atoms with Gasteiger partial charge in [-0.3, -0.25) is 14.9 Å². The number of nitro benzene ring substituents is 1. The number of rotatable bonds is 5. The average Bonchev–Trinajstić information content (AvgIpc) is 2.56. The smallest absolute Gasteiger partial charge is 0.271 e. The Morgan fingerprint density at radius 1 is 1.13 bits per heavy atom. The summed E-state index contributed by atoms with van der Waals surface area (Å²) in [4.78, 5) is 22.1. The van der Waals surface area contributed by atoms with Crippen LogP contribution in [0.5, 0.6) is 5.75 Å². The van der Waals surface area contributed by atoms with Crippen LogP contribution >= 0.6 is 0 Å². The van der Waals surface area contributed by atoms with E-state index in [-0.39, 0.29) is 17.0 Å². The minimum absolute atomic E-state index is 0.0802. The summed E-state index contributed by atoms with van der Waals surface area (Å²) in [5, 5.41) is 23.9. The Morgan fingerprint density at radius 2 is 1.70 bits per heavy atom. The molecule has 0 atom stereocenters. The minimum atomic E-state index is -0.528. The molecule has 2 N–H and O–H groups in total. The second kappa shape index (κ2) is 7.17. The van der Waals surface area contributed by atoms with E-state index in [0.29, 0.717) is 12.1 Å². The molecule has 0 aliphatic rings. The maximum atomic E-state index is 12.0. The molecule has 0 saturated heterocycles. The Hall–Kier alpha value is -3.22. The predicted octanol–water partition coefficient (Wildman–Crippen LogP) is 2.84. The number of hydrogen-bond donors (Lipinski definition) is 2. The highest BCUT2D eigenvalue weighted by Crippen LogP contribution is 2.13. The van der Waals surface area contributed by atoms with Crippen LogP contribution in [-0.4, -0.2) is 21.6 Å². The van der Waals surface area contributed by atoms with Crippen molar-refractivity contribution in [3.63, 3.8) is 0 Å². The number of nitro groups is 1. The Balaban J connectivity index is 2.11. The van der Waals surface area contributed by atoms with E-state index in [1.807, 2.05) is 6.92 Å². The summed E-state index contributed by atoms with van der Waals surface area (Å²) in [6.07, 6.45) is 0.589. The van der Waals surface area contributed by atoms with Crippen LogP contribution in [0, 0.1) is 10.1 Å². The third-order valence-electron chi connectivity index (χ3n) is 3.17. The van der Waals surface area contributed by atoms with Crippen molar-refractivity contribution in [2.45, 2.75) is 13.3 Å². The number of benzene rings is 2. The van der Waals surface area contributed by atoms with Gasteiger partial charge in [-0.1, -0.05) is 6.92 Å². The Morgan fingerprint density at radius 3 is 2.22 bits per heavy atom. The molecule has 7 heteroatoms. The summed E-state index contributed by atoms with van der Waals surface area (Å²) in [6, 6.07) is 11.8. The van der Waals surface area contributed by atoms with Gasteiger partial charge in [0, 0.05) is 17.7 Å². The molecule has 23 heavy (non-hydrogen) atoms. The van der Waals surface area contributed by atoms with E-state index in [1.54, 1.807) is 24.3 Å². The summed E-state index contributed by atoms with van der Waals surface area (Å²) in [5.41, 5.74) is 4.07. The molecule has 0 bridgehead atoms. The highest BCUT2D eigenvalue weighted by atomic mass is 16.6. The summed E-state index contributed by atoms with van der Waals surface area (Å²) in [6.45, 7) is 1.89. The lowest BCUT2D eigenvalue weighted by Crippen LogP contribution is -2.20. The fourth-order valence-electron chi connectivity index (χ4n) is 1.92. The molecule has 0 radical (unpaired) electrons. The van der Waals surface area contributed by atoms with Gasteiger partial charge in [-0.25, -0.2) is 5.43 Å². The summed E-state index contributed by atoms with van der Waals surface area (Å²) < 4.78 is 0. The van der Waals surface area contributed by atoms with Gasteiger partial charge in [0.1, 0.15) is 5.75 Å². The fraction of sp³-hybridized carbons (Fsp3) is 0.125. The normalized spacial score (nSPS) is 11.1. The van der Waals surface area contributed by atoms with Crippen LogP contribution < -0.4 is 5.43 Å². The third-order valence-corrected chi connectivity index (χ3v) is 3.17. The Bertz CT molecular complexity index is 737. The molecular weight excluding hydrogens is 298 g/mol. The highest BCUT2D eigenvalue weighted by Gasteiger charge is 2.09. The molecule has 0 aromatic heterocycles. The van der Waals surface area contributed by atoms with Crippen molar-refractivity contribution in [2.24, 2.45) is 5.10 Å². The summed E-state index contributed by atoms with van der Waals surface area (Å²) >= 11 is 0. The zero-order valence-corrected chi connectivity index (χ0v) is 12.4. The largest absolute Gasteiger partial charge is 0.508 e. The number of non-ortho nitro benzene ring substituents is 1. The van der Waals surface area contributed by atoms with Gasteiger partial charge in [-0.05, 0) is 48.4 Å². The monoisotopic (exact) mass is 313 g/mol. The van der Waals surface area contributed by atoms with E-state index in [2.05, 4.69) is 10.5 Å². The molecule has 1 amide bonds. The van der Waals surface area contributed by atoms with Gasteiger partial charge in [0.15, 0.2) is 0 Å². The number of nitrogens with zero attached hydrogens (tertiary/aromatic N) is 2. The average molecular weight is 313 g/mol. The third kappa shape index (κ3) is 4.13. The Labute approximate surface area is 132 Å². The van der Waals surface area contributed by atoms with Crippen molar-refractivity contribution >= 4 is 17.3 Å². The van der Waals surface area contributed by atoms with E-state index in [9.17, 15) is 20.0 Å². The lowest BCUT2D eigenvalue weighted by atomic mass is 10.1. The lowest BCUT2D eigenvalue weighted by molar-refractivity contribution is -0.384. The van der Waals surface area contributed by atoms with Gasteiger partial charge in [0.25, 0.3) is 11.6 Å². The van der Waals surface area contributed by atoms with E-state index in [1.165, 1.54) is 24.3 Å². The molecule has 0 aliphatic carbocycles. The molecule has 2 aromatic rings. The molecular formula is C16H15N3O4. The van der Waals surface area contributed by atoms with Crippen molar-refractivity contribution in [1.29, 1.82) is 0 Å². The number of hydrogen-bond acceptors (Lipinski definition) is 5. The van der Waals surface area contributed by atoms with Crippen LogP contribution in [0.2, 0.25) is 0 Å². The number of nitrogens with one attached hydrogen (secondary N) is 1. The van der Waals surface area contributed by atoms with Crippen LogP contribution in [0.4, 0.5) is 5.69 Å². The number of carbonyl (C=O) groups is 1. The molecule has 7 nitrogen and oxygen atoms in total. The van der Waals surface area contributed by atoms with Gasteiger partial charge >= 0.3 is 0 Å². The van der Waals surface area contributed by atoms with Gasteiger partial charge < -0.3 is 5.11 Å².